The van der Waals surface area contributed by atoms with Crippen LogP contribution in [0, 0.1) is 0 Å². The van der Waals surface area contributed by atoms with Crippen LogP contribution in [-0.4, -0.2) is 24.6 Å². The molecule has 2 aliphatic rings. The highest BCUT2D eigenvalue weighted by Crippen LogP contribution is 2.43. The fraction of sp³-hybridized carbons (Fsp3) is 0.647. The summed E-state index contributed by atoms with van der Waals surface area (Å²) in [5.74, 6) is 1.87. The smallest absolute Gasteiger partial charge is 0.134 e. The van der Waals surface area contributed by atoms with Crippen LogP contribution in [0.1, 0.15) is 44.9 Å². The average molecular weight is 307 g/mol. The third-order valence-corrected chi connectivity index (χ3v) is 5.90. The molecule has 1 aliphatic carbocycles. The molecule has 1 heterocycles. The van der Waals surface area contributed by atoms with Crippen molar-refractivity contribution in [2.45, 2.75) is 61.5 Å². The Balaban J connectivity index is 1.56. The molecule has 1 unspecified atom stereocenters. The van der Waals surface area contributed by atoms with Crippen molar-refractivity contribution in [3.63, 3.8) is 0 Å². The molecule has 3 nitrogen and oxygen atoms in total. The van der Waals surface area contributed by atoms with Gasteiger partial charge in [0.05, 0.1) is 18.8 Å². The first kappa shape index (κ1) is 15.0. The van der Waals surface area contributed by atoms with Crippen molar-refractivity contribution >= 4 is 17.4 Å². The summed E-state index contributed by atoms with van der Waals surface area (Å²) in [6, 6.07) is 5.87. The van der Waals surface area contributed by atoms with E-state index in [4.69, 9.17) is 15.2 Å². The van der Waals surface area contributed by atoms with Crippen molar-refractivity contribution in [3.05, 3.63) is 18.2 Å². The maximum atomic E-state index is 6.42. The molecule has 3 rings (SSSR count). The standard InChI is InChI=1S/C17H25NO2S/c1-19-15-11-13(18)5-6-16(15)21-12-14-7-10-17(20-14)8-3-2-4-9-17/h5-6,11,14H,2-4,7-10,12,18H2,1H3. The van der Waals surface area contributed by atoms with Crippen molar-refractivity contribution in [2.24, 2.45) is 0 Å². The third-order valence-electron chi connectivity index (χ3n) is 4.72. The van der Waals surface area contributed by atoms with Gasteiger partial charge in [0, 0.05) is 22.4 Å². The van der Waals surface area contributed by atoms with Crippen molar-refractivity contribution in [1.29, 1.82) is 0 Å². The fourth-order valence-corrected chi connectivity index (χ4v) is 4.61. The van der Waals surface area contributed by atoms with Crippen molar-refractivity contribution in [2.75, 3.05) is 18.6 Å². The quantitative estimate of drug-likeness (QED) is 0.667. The number of hydrogen-bond donors (Lipinski definition) is 1. The first-order valence-electron chi connectivity index (χ1n) is 7.95. The number of rotatable bonds is 4. The van der Waals surface area contributed by atoms with E-state index in [1.807, 2.05) is 30.0 Å². The molecule has 1 spiro atoms. The molecule has 0 aromatic heterocycles. The van der Waals surface area contributed by atoms with Crippen LogP contribution in [-0.2, 0) is 4.74 Å². The number of methoxy groups -OCH3 is 1. The van der Waals surface area contributed by atoms with E-state index in [-0.39, 0.29) is 5.60 Å². The molecule has 1 saturated carbocycles. The Morgan fingerprint density at radius 1 is 1.29 bits per heavy atom. The molecular formula is C17H25NO2S. The number of nitrogens with two attached hydrogens (primary N) is 1. The summed E-state index contributed by atoms with van der Waals surface area (Å²) >= 11 is 1.82. The summed E-state index contributed by atoms with van der Waals surface area (Å²) in [6.45, 7) is 0. The molecule has 116 valence electrons. The number of anilines is 1. The number of ether oxygens (including phenoxy) is 2. The van der Waals surface area contributed by atoms with E-state index in [0.29, 0.717) is 6.10 Å². The molecule has 0 radical (unpaired) electrons. The van der Waals surface area contributed by atoms with Crippen LogP contribution in [0.25, 0.3) is 0 Å². The molecule has 0 amide bonds. The van der Waals surface area contributed by atoms with Crippen LogP contribution in [0.5, 0.6) is 5.75 Å². The Labute approximate surface area is 131 Å². The zero-order valence-corrected chi connectivity index (χ0v) is 13.6. The van der Waals surface area contributed by atoms with Gasteiger partial charge in [0.1, 0.15) is 5.75 Å². The van der Waals surface area contributed by atoms with Crippen LogP contribution < -0.4 is 10.5 Å². The van der Waals surface area contributed by atoms with Gasteiger partial charge in [-0.05, 0) is 37.8 Å². The normalized spacial score (nSPS) is 24.3. The summed E-state index contributed by atoms with van der Waals surface area (Å²) in [4.78, 5) is 1.15. The largest absolute Gasteiger partial charge is 0.496 e. The van der Waals surface area contributed by atoms with Gasteiger partial charge in [0.2, 0.25) is 0 Å². The van der Waals surface area contributed by atoms with Gasteiger partial charge in [0.15, 0.2) is 0 Å². The summed E-state index contributed by atoms with van der Waals surface area (Å²) in [6.07, 6.45) is 9.42. The molecule has 2 fully saturated rings. The Bertz CT molecular complexity index is 486. The number of hydrogen-bond acceptors (Lipinski definition) is 4. The topological polar surface area (TPSA) is 44.5 Å². The molecule has 0 bridgehead atoms. The number of thioether (sulfide) groups is 1. The van der Waals surface area contributed by atoms with Crippen molar-refractivity contribution < 1.29 is 9.47 Å². The first-order valence-corrected chi connectivity index (χ1v) is 8.93. The SMILES string of the molecule is COc1cc(N)ccc1SCC1CCC2(CCCCC2)O1. The van der Waals surface area contributed by atoms with Gasteiger partial charge in [-0.3, -0.25) is 0 Å². The molecule has 1 atom stereocenters. The van der Waals surface area contributed by atoms with Crippen molar-refractivity contribution in [1.82, 2.24) is 0 Å². The highest BCUT2D eigenvalue weighted by molar-refractivity contribution is 7.99. The molecule has 1 aromatic rings. The minimum Gasteiger partial charge on any atom is -0.496 e. The van der Waals surface area contributed by atoms with Crippen LogP contribution in [0.15, 0.2) is 23.1 Å². The molecule has 1 aliphatic heterocycles. The second-order valence-electron chi connectivity index (χ2n) is 6.24. The van der Waals surface area contributed by atoms with Crippen LogP contribution in [0.2, 0.25) is 0 Å². The summed E-state index contributed by atoms with van der Waals surface area (Å²) in [5, 5.41) is 0. The second-order valence-corrected chi connectivity index (χ2v) is 7.31. The lowest BCUT2D eigenvalue weighted by atomic mass is 9.83. The predicted octanol–water partition coefficient (Wildman–Crippen LogP) is 4.25. The van der Waals surface area contributed by atoms with Gasteiger partial charge < -0.3 is 15.2 Å². The van der Waals surface area contributed by atoms with E-state index in [1.165, 1.54) is 44.9 Å². The van der Waals surface area contributed by atoms with Gasteiger partial charge in [-0.1, -0.05) is 19.3 Å². The second kappa shape index (κ2) is 6.49. The molecule has 21 heavy (non-hydrogen) atoms. The highest BCUT2D eigenvalue weighted by Gasteiger charge is 2.40. The lowest BCUT2D eigenvalue weighted by Gasteiger charge is -2.33. The Kier molecular flexibility index (Phi) is 4.65. The van der Waals surface area contributed by atoms with E-state index in [1.54, 1.807) is 7.11 Å². The van der Waals surface area contributed by atoms with E-state index in [2.05, 4.69) is 0 Å². The predicted molar refractivity (Wildman–Crippen MR) is 88.1 cm³/mol. The van der Waals surface area contributed by atoms with E-state index in [0.717, 1.165) is 22.1 Å². The van der Waals surface area contributed by atoms with Crippen molar-refractivity contribution in [3.8, 4) is 5.75 Å². The van der Waals surface area contributed by atoms with Crippen LogP contribution >= 0.6 is 11.8 Å². The highest BCUT2D eigenvalue weighted by atomic mass is 32.2. The minimum absolute atomic E-state index is 0.217. The maximum absolute atomic E-state index is 6.42. The van der Waals surface area contributed by atoms with E-state index < -0.39 is 0 Å². The number of nitrogen functional groups attached to an aromatic ring is 1. The number of benzene rings is 1. The molecular weight excluding hydrogens is 282 g/mol. The summed E-state index contributed by atoms with van der Waals surface area (Å²) in [7, 11) is 1.70. The van der Waals surface area contributed by atoms with Gasteiger partial charge in [-0.15, -0.1) is 11.8 Å². The first-order chi connectivity index (χ1) is 10.2. The monoisotopic (exact) mass is 307 g/mol. The van der Waals surface area contributed by atoms with E-state index >= 15 is 0 Å². The van der Waals surface area contributed by atoms with Gasteiger partial charge >= 0.3 is 0 Å². The lowest BCUT2D eigenvalue weighted by Crippen LogP contribution is -2.32. The third kappa shape index (κ3) is 3.49. The summed E-state index contributed by atoms with van der Waals surface area (Å²) < 4.78 is 11.8. The summed E-state index contributed by atoms with van der Waals surface area (Å²) in [5.41, 5.74) is 6.76. The maximum Gasteiger partial charge on any atom is 0.134 e. The zero-order chi connectivity index (χ0) is 14.7. The Hall–Kier alpha value is -0.870. The average Bonchev–Trinajstić information content (AvgIpc) is 2.89. The van der Waals surface area contributed by atoms with Gasteiger partial charge in [-0.2, -0.15) is 0 Å². The van der Waals surface area contributed by atoms with Gasteiger partial charge in [0.25, 0.3) is 0 Å². The Morgan fingerprint density at radius 3 is 2.86 bits per heavy atom. The van der Waals surface area contributed by atoms with Crippen LogP contribution in [0.3, 0.4) is 0 Å². The molecule has 4 heteroatoms. The molecule has 2 N–H and O–H groups in total. The fourth-order valence-electron chi connectivity index (χ4n) is 3.56. The van der Waals surface area contributed by atoms with E-state index in [9.17, 15) is 0 Å². The molecule has 1 aromatic carbocycles. The van der Waals surface area contributed by atoms with Gasteiger partial charge in [-0.25, -0.2) is 0 Å². The lowest BCUT2D eigenvalue weighted by molar-refractivity contribution is -0.0555. The molecule has 1 saturated heterocycles. The van der Waals surface area contributed by atoms with Crippen LogP contribution in [0.4, 0.5) is 5.69 Å². The Morgan fingerprint density at radius 2 is 2.10 bits per heavy atom. The zero-order valence-electron chi connectivity index (χ0n) is 12.8. The minimum atomic E-state index is 0.217.